The number of benzene rings is 1. The van der Waals surface area contributed by atoms with Crippen molar-refractivity contribution in [2.75, 3.05) is 13.1 Å². The van der Waals surface area contributed by atoms with Crippen molar-refractivity contribution in [3.05, 3.63) is 34.9 Å². The van der Waals surface area contributed by atoms with E-state index >= 15 is 0 Å². The summed E-state index contributed by atoms with van der Waals surface area (Å²) in [4.78, 5) is 13.9. The first kappa shape index (κ1) is 15.4. The average molecular weight is 286 g/mol. The summed E-state index contributed by atoms with van der Waals surface area (Å²) < 4.78 is 5.44. The summed E-state index contributed by atoms with van der Waals surface area (Å²) in [7, 11) is 0. The molecule has 2 rings (SSSR count). The summed E-state index contributed by atoms with van der Waals surface area (Å²) >= 11 is 0. The molecule has 1 aromatic rings. The molecule has 0 saturated heterocycles. The summed E-state index contributed by atoms with van der Waals surface area (Å²) in [5.74, 6) is 0. The molecule has 4 heteroatoms. The Morgan fingerprint density at radius 1 is 1.29 bits per heavy atom. The number of carbonyl (C=O) groups is 1. The molecule has 1 aliphatic rings. The quantitative estimate of drug-likeness (QED) is 0.797. The second kappa shape index (κ2) is 6.17. The van der Waals surface area contributed by atoms with Crippen LogP contribution in [0.25, 0.3) is 0 Å². The molecular formula is C17H22N2O2. The Hall–Kier alpha value is -2.02. The van der Waals surface area contributed by atoms with Crippen LogP contribution in [0, 0.1) is 11.3 Å². The van der Waals surface area contributed by atoms with E-state index in [9.17, 15) is 4.79 Å². The third-order valence-corrected chi connectivity index (χ3v) is 3.51. The molecule has 4 nitrogen and oxygen atoms in total. The number of hydrogen-bond acceptors (Lipinski definition) is 3. The van der Waals surface area contributed by atoms with E-state index in [0.29, 0.717) is 19.5 Å². The zero-order valence-corrected chi connectivity index (χ0v) is 13.0. The van der Waals surface area contributed by atoms with Crippen molar-refractivity contribution in [1.29, 1.82) is 5.26 Å². The normalized spacial score (nSPS) is 14.9. The lowest BCUT2D eigenvalue weighted by molar-refractivity contribution is 0.0258. The number of carbonyl (C=O) groups excluding carboxylic acids is 1. The number of nitrogens with zero attached hydrogens (tertiary/aromatic N) is 2. The SMILES string of the molecule is CC(C)(C)OC(=O)N1CCc2ccc(CC#N)cc2CC1. The third-order valence-electron chi connectivity index (χ3n) is 3.51. The standard InChI is InChI=1S/C17H22N2O2/c1-17(2,3)21-16(20)19-10-7-14-5-4-13(6-9-18)12-15(14)8-11-19/h4-5,12H,6-8,10-11H2,1-3H3. The summed E-state index contributed by atoms with van der Waals surface area (Å²) in [6.45, 7) is 6.99. The van der Waals surface area contributed by atoms with Crippen LogP contribution in [0.5, 0.6) is 0 Å². The van der Waals surface area contributed by atoms with Crippen LogP contribution < -0.4 is 0 Å². The highest BCUT2D eigenvalue weighted by molar-refractivity contribution is 5.68. The highest BCUT2D eigenvalue weighted by Crippen LogP contribution is 2.19. The lowest BCUT2D eigenvalue weighted by Crippen LogP contribution is -2.38. The van der Waals surface area contributed by atoms with Crippen LogP contribution in [-0.4, -0.2) is 29.7 Å². The highest BCUT2D eigenvalue weighted by atomic mass is 16.6. The van der Waals surface area contributed by atoms with Crippen molar-refractivity contribution < 1.29 is 9.53 Å². The van der Waals surface area contributed by atoms with Crippen molar-refractivity contribution in [2.45, 2.75) is 45.6 Å². The predicted octanol–water partition coefficient (Wildman–Crippen LogP) is 3.09. The van der Waals surface area contributed by atoms with Gasteiger partial charge in [-0.3, -0.25) is 0 Å². The fraction of sp³-hybridized carbons (Fsp3) is 0.529. The Balaban J connectivity index is 2.06. The van der Waals surface area contributed by atoms with Crippen LogP contribution >= 0.6 is 0 Å². The molecule has 0 fully saturated rings. The van der Waals surface area contributed by atoms with E-state index < -0.39 is 5.60 Å². The molecule has 0 radical (unpaired) electrons. The zero-order valence-electron chi connectivity index (χ0n) is 13.0. The van der Waals surface area contributed by atoms with E-state index in [0.717, 1.165) is 18.4 Å². The van der Waals surface area contributed by atoms with Crippen molar-refractivity contribution in [1.82, 2.24) is 4.90 Å². The van der Waals surface area contributed by atoms with Gasteiger partial charge in [0.25, 0.3) is 0 Å². The molecule has 0 N–H and O–H groups in total. The van der Waals surface area contributed by atoms with Crippen molar-refractivity contribution >= 4 is 6.09 Å². The van der Waals surface area contributed by atoms with E-state index in [-0.39, 0.29) is 6.09 Å². The Morgan fingerprint density at radius 2 is 1.95 bits per heavy atom. The van der Waals surface area contributed by atoms with E-state index in [2.05, 4.69) is 18.2 Å². The molecule has 0 bridgehead atoms. The number of ether oxygens (including phenoxy) is 1. The summed E-state index contributed by atoms with van der Waals surface area (Å²) in [6, 6.07) is 8.36. The lowest BCUT2D eigenvalue weighted by Gasteiger charge is -2.26. The molecule has 0 saturated carbocycles. The Kier molecular flexibility index (Phi) is 4.52. The van der Waals surface area contributed by atoms with Gasteiger partial charge in [0.1, 0.15) is 5.60 Å². The van der Waals surface area contributed by atoms with Crippen molar-refractivity contribution in [3.8, 4) is 6.07 Å². The maximum absolute atomic E-state index is 12.1. The van der Waals surface area contributed by atoms with Gasteiger partial charge in [-0.05, 0) is 50.3 Å². The molecule has 0 spiro atoms. The van der Waals surface area contributed by atoms with Gasteiger partial charge in [0.15, 0.2) is 0 Å². The van der Waals surface area contributed by atoms with Gasteiger partial charge in [0.2, 0.25) is 0 Å². The first-order chi connectivity index (χ1) is 9.89. The summed E-state index contributed by atoms with van der Waals surface area (Å²) in [5.41, 5.74) is 3.09. The molecule has 1 aliphatic heterocycles. The topological polar surface area (TPSA) is 53.3 Å². The smallest absolute Gasteiger partial charge is 0.410 e. The summed E-state index contributed by atoms with van der Waals surface area (Å²) in [5, 5.41) is 8.78. The fourth-order valence-electron chi connectivity index (χ4n) is 2.49. The monoisotopic (exact) mass is 286 g/mol. The lowest BCUT2D eigenvalue weighted by atomic mass is 9.99. The van der Waals surface area contributed by atoms with Gasteiger partial charge in [-0.2, -0.15) is 5.26 Å². The minimum atomic E-state index is -0.462. The zero-order chi connectivity index (χ0) is 15.5. The van der Waals surface area contributed by atoms with Crippen LogP contribution in [0.3, 0.4) is 0 Å². The van der Waals surface area contributed by atoms with E-state index in [1.807, 2.05) is 26.8 Å². The maximum atomic E-state index is 12.1. The highest BCUT2D eigenvalue weighted by Gasteiger charge is 2.24. The van der Waals surface area contributed by atoms with Gasteiger partial charge in [0.05, 0.1) is 12.5 Å². The molecule has 1 aromatic carbocycles. The van der Waals surface area contributed by atoms with Gasteiger partial charge >= 0.3 is 6.09 Å². The average Bonchev–Trinajstić information content (AvgIpc) is 2.59. The molecule has 21 heavy (non-hydrogen) atoms. The van der Waals surface area contributed by atoms with Crippen LogP contribution in [-0.2, 0) is 24.0 Å². The number of nitriles is 1. The molecule has 0 aliphatic carbocycles. The van der Waals surface area contributed by atoms with Gasteiger partial charge in [0, 0.05) is 13.1 Å². The molecule has 112 valence electrons. The van der Waals surface area contributed by atoms with Gasteiger partial charge in [-0.25, -0.2) is 4.79 Å². The molecular weight excluding hydrogens is 264 g/mol. The van der Waals surface area contributed by atoms with Crippen LogP contribution in [0.1, 0.15) is 37.5 Å². The Bertz CT molecular complexity index is 567. The van der Waals surface area contributed by atoms with Gasteiger partial charge in [-0.15, -0.1) is 0 Å². The molecule has 0 aromatic heterocycles. The fourth-order valence-corrected chi connectivity index (χ4v) is 2.49. The Morgan fingerprint density at radius 3 is 2.57 bits per heavy atom. The van der Waals surface area contributed by atoms with Crippen molar-refractivity contribution in [2.24, 2.45) is 0 Å². The second-order valence-corrected chi connectivity index (χ2v) is 6.41. The van der Waals surface area contributed by atoms with E-state index in [1.165, 1.54) is 11.1 Å². The third kappa shape index (κ3) is 4.22. The van der Waals surface area contributed by atoms with Crippen LogP contribution in [0.15, 0.2) is 18.2 Å². The van der Waals surface area contributed by atoms with E-state index in [1.54, 1.807) is 4.90 Å². The predicted molar refractivity (Wildman–Crippen MR) is 81.0 cm³/mol. The molecule has 1 heterocycles. The first-order valence-corrected chi connectivity index (χ1v) is 7.34. The number of rotatable bonds is 1. The molecule has 0 atom stereocenters. The number of fused-ring (bicyclic) bond motifs is 1. The van der Waals surface area contributed by atoms with Crippen molar-refractivity contribution in [3.63, 3.8) is 0 Å². The summed E-state index contributed by atoms with van der Waals surface area (Å²) in [6.07, 6.45) is 1.84. The van der Waals surface area contributed by atoms with Gasteiger partial charge < -0.3 is 9.64 Å². The minimum absolute atomic E-state index is 0.243. The van der Waals surface area contributed by atoms with Crippen LogP contribution in [0.4, 0.5) is 4.79 Å². The number of amides is 1. The van der Waals surface area contributed by atoms with E-state index in [4.69, 9.17) is 10.00 Å². The van der Waals surface area contributed by atoms with Crippen LogP contribution in [0.2, 0.25) is 0 Å². The second-order valence-electron chi connectivity index (χ2n) is 6.41. The molecule has 1 amide bonds. The largest absolute Gasteiger partial charge is 0.444 e. The van der Waals surface area contributed by atoms with Gasteiger partial charge in [-0.1, -0.05) is 18.2 Å². The first-order valence-electron chi connectivity index (χ1n) is 7.34. The number of hydrogen-bond donors (Lipinski definition) is 0. The Labute approximate surface area is 126 Å². The maximum Gasteiger partial charge on any atom is 0.410 e. The molecule has 0 unspecified atom stereocenters. The minimum Gasteiger partial charge on any atom is -0.444 e.